The van der Waals surface area contributed by atoms with E-state index in [2.05, 4.69) is 0 Å². The van der Waals surface area contributed by atoms with Gasteiger partial charge in [-0.1, -0.05) is 37.3 Å². The summed E-state index contributed by atoms with van der Waals surface area (Å²) in [6, 6.07) is 9.47. The molecule has 1 aliphatic carbocycles. The molecule has 1 atom stereocenters. The minimum Gasteiger partial charge on any atom is -0.459 e. The molecule has 0 bridgehead atoms. The van der Waals surface area contributed by atoms with E-state index in [0.717, 1.165) is 5.56 Å². The molecule has 1 aromatic rings. The van der Waals surface area contributed by atoms with Crippen molar-refractivity contribution >= 4 is 17.5 Å². The zero-order valence-corrected chi connectivity index (χ0v) is 15.7. The molecule has 1 aliphatic rings. The Morgan fingerprint density at radius 1 is 1.19 bits per heavy atom. The Labute approximate surface area is 155 Å². The summed E-state index contributed by atoms with van der Waals surface area (Å²) in [5.74, 6) is -1.02. The number of rotatable bonds is 7. The van der Waals surface area contributed by atoms with Crippen LogP contribution in [0.3, 0.4) is 0 Å². The molecule has 1 aromatic carbocycles. The average Bonchev–Trinajstić information content (AvgIpc) is 2.63. The summed E-state index contributed by atoms with van der Waals surface area (Å²) in [6.07, 6.45) is 3.76. The van der Waals surface area contributed by atoms with Gasteiger partial charge in [0.05, 0.1) is 0 Å². The van der Waals surface area contributed by atoms with Gasteiger partial charge in [-0.3, -0.25) is 9.59 Å². The van der Waals surface area contributed by atoms with Crippen molar-refractivity contribution in [2.75, 3.05) is 14.1 Å². The van der Waals surface area contributed by atoms with Crippen LogP contribution in [-0.4, -0.2) is 42.6 Å². The fourth-order valence-electron chi connectivity index (χ4n) is 3.17. The zero-order chi connectivity index (χ0) is 19.1. The van der Waals surface area contributed by atoms with Crippen molar-refractivity contribution in [3.05, 3.63) is 47.7 Å². The molecule has 0 radical (unpaired) electrons. The van der Waals surface area contributed by atoms with E-state index in [-0.39, 0.29) is 29.2 Å². The summed E-state index contributed by atoms with van der Waals surface area (Å²) in [4.78, 5) is 38.8. The zero-order valence-electron chi connectivity index (χ0n) is 15.7. The molecule has 0 spiro atoms. The van der Waals surface area contributed by atoms with Crippen molar-refractivity contribution in [3.8, 4) is 0 Å². The highest BCUT2D eigenvalue weighted by Gasteiger charge is 2.30. The van der Waals surface area contributed by atoms with E-state index >= 15 is 0 Å². The van der Waals surface area contributed by atoms with E-state index in [9.17, 15) is 14.4 Å². The van der Waals surface area contributed by atoms with Crippen LogP contribution in [0.25, 0.3) is 0 Å². The Bertz CT molecular complexity index is 669. The third-order valence-electron chi connectivity index (χ3n) is 4.56. The lowest BCUT2D eigenvalue weighted by atomic mass is 9.88. The van der Waals surface area contributed by atoms with Gasteiger partial charge in [-0.2, -0.15) is 0 Å². The molecule has 1 unspecified atom stereocenters. The summed E-state index contributed by atoms with van der Waals surface area (Å²) < 4.78 is 5.55. The first kappa shape index (κ1) is 19.9. The lowest BCUT2D eigenvalue weighted by Gasteiger charge is -2.23. The average molecular weight is 357 g/mol. The highest BCUT2D eigenvalue weighted by molar-refractivity contribution is 6.19. The summed E-state index contributed by atoms with van der Waals surface area (Å²) in [6.45, 7) is 1.93. The minimum absolute atomic E-state index is 0.0580. The first-order chi connectivity index (χ1) is 12.4. The smallest absolute Gasteiger partial charge is 0.343 e. The molecule has 1 saturated carbocycles. The molecule has 0 aliphatic heterocycles. The third kappa shape index (κ3) is 5.28. The van der Waals surface area contributed by atoms with E-state index in [4.69, 9.17) is 4.74 Å². The number of hydrogen-bond acceptors (Lipinski definition) is 5. The third-order valence-corrected chi connectivity index (χ3v) is 4.56. The number of hydrogen-bond donors (Lipinski definition) is 0. The number of nitrogens with zero attached hydrogens (tertiary/aromatic N) is 1. The Kier molecular flexibility index (Phi) is 7.13. The van der Waals surface area contributed by atoms with Crippen molar-refractivity contribution in [2.45, 2.75) is 51.0 Å². The maximum atomic E-state index is 13.1. The molecule has 0 N–H and O–H groups in total. The lowest BCUT2D eigenvalue weighted by Crippen LogP contribution is -2.29. The molecular formula is C21H27NO4. The standard InChI is InChI=1S/C21H27NO4/c1-4-18(15-8-6-5-7-9-15)20(24)19(14-22(2)3)21(25)26-17-12-10-16(23)11-13-17/h5-9,14,17-18H,4,10-13H2,1-3H3/b19-14-. The van der Waals surface area contributed by atoms with Gasteiger partial charge in [0, 0.05) is 39.1 Å². The van der Waals surface area contributed by atoms with Gasteiger partial charge >= 0.3 is 5.97 Å². The van der Waals surface area contributed by atoms with Crippen LogP contribution in [0, 0.1) is 0 Å². The Hall–Kier alpha value is -2.43. The van der Waals surface area contributed by atoms with Gasteiger partial charge in [0.15, 0.2) is 5.78 Å². The van der Waals surface area contributed by atoms with E-state index < -0.39 is 5.97 Å². The van der Waals surface area contributed by atoms with Gasteiger partial charge in [0.2, 0.25) is 0 Å². The summed E-state index contributed by atoms with van der Waals surface area (Å²) in [5, 5.41) is 0. The molecule has 0 aromatic heterocycles. The van der Waals surface area contributed by atoms with Crippen LogP contribution in [-0.2, 0) is 19.1 Å². The van der Waals surface area contributed by atoms with Crippen LogP contribution >= 0.6 is 0 Å². The van der Waals surface area contributed by atoms with Gasteiger partial charge in [-0.15, -0.1) is 0 Å². The molecule has 1 fully saturated rings. The first-order valence-electron chi connectivity index (χ1n) is 9.12. The molecule has 140 valence electrons. The van der Waals surface area contributed by atoms with Gasteiger partial charge in [-0.05, 0) is 24.8 Å². The van der Waals surface area contributed by atoms with Crippen LogP contribution in [0.5, 0.6) is 0 Å². The maximum Gasteiger partial charge on any atom is 0.343 e. The molecule has 2 rings (SSSR count). The second-order valence-electron chi connectivity index (χ2n) is 6.89. The fourth-order valence-corrected chi connectivity index (χ4v) is 3.17. The Balaban J connectivity index is 2.19. The van der Waals surface area contributed by atoms with Crippen LogP contribution < -0.4 is 0 Å². The van der Waals surface area contributed by atoms with E-state index in [1.807, 2.05) is 37.3 Å². The van der Waals surface area contributed by atoms with Gasteiger partial charge in [0.1, 0.15) is 17.5 Å². The number of esters is 1. The summed E-state index contributed by atoms with van der Waals surface area (Å²) >= 11 is 0. The largest absolute Gasteiger partial charge is 0.459 e. The molecule has 5 heteroatoms. The SMILES string of the molecule is CCC(C(=O)/C(=C/N(C)C)C(=O)OC1CCC(=O)CC1)c1ccccc1. The topological polar surface area (TPSA) is 63.7 Å². The quantitative estimate of drug-likeness (QED) is 0.324. The van der Waals surface area contributed by atoms with Crippen molar-refractivity contribution < 1.29 is 19.1 Å². The Morgan fingerprint density at radius 2 is 1.81 bits per heavy atom. The van der Waals surface area contributed by atoms with Gasteiger partial charge in [-0.25, -0.2) is 4.79 Å². The number of Topliss-reactive ketones (excluding diaryl/α,β-unsaturated/α-hetero) is 2. The molecular weight excluding hydrogens is 330 g/mol. The van der Waals surface area contributed by atoms with Gasteiger partial charge < -0.3 is 9.64 Å². The second-order valence-corrected chi connectivity index (χ2v) is 6.89. The number of benzene rings is 1. The summed E-state index contributed by atoms with van der Waals surface area (Å²) in [7, 11) is 3.53. The Morgan fingerprint density at radius 3 is 2.35 bits per heavy atom. The number of carbonyl (C=O) groups is 3. The van der Waals surface area contributed by atoms with Crippen LogP contribution in [0.4, 0.5) is 0 Å². The molecule has 5 nitrogen and oxygen atoms in total. The first-order valence-corrected chi connectivity index (χ1v) is 9.12. The summed E-state index contributed by atoms with van der Waals surface area (Å²) in [5.41, 5.74) is 0.948. The van der Waals surface area contributed by atoms with E-state index in [1.54, 1.807) is 19.0 Å². The van der Waals surface area contributed by atoms with Crippen LogP contribution in [0.2, 0.25) is 0 Å². The lowest BCUT2D eigenvalue weighted by molar-refractivity contribution is -0.148. The van der Waals surface area contributed by atoms with Crippen LogP contribution in [0.1, 0.15) is 50.5 Å². The monoisotopic (exact) mass is 357 g/mol. The highest BCUT2D eigenvalue weighted by Crippen LogP contribution is 2.26. The highest BCUT2D eigenvalue weighted by atomic mass is 16.5. The van der Waals surface area contributed by atoms with Crippen molar-refractivity contribution in [2.24, 2.45) is 0 Å². The maximum absolute atomic E-state index is 13.1. The fraction of sp³-hybridized carbons (Fsp3) is 0.476. The molecule has 0 saturated heterocycles. The molecule has 0 heterocycles. The molecule has 26 heavy (non-hydrogen) atoms. The van der Waals surface area contributed by atoms with Crippen molar-refractivity contribution in [1.82, 2.24) is 4.90 Å². The minimum atomic E-state index is -0.600. The predicted octanol–water partition coefficient (Wildman–Crippen LogP) is 3.25. The van der Waals surface area contributed by atoms with Crippen molar-refractivity contribution in [3.63, 3.8) is 0 Å². The number of ketones is 2. The van der Waals surface area contributed by atoms with Crippen LogP contribution in [0.15, 0.2) is 42.1 Å². The van der Waals surface area contributed by atoms with E-state index in [1.165, 1.54) is 6.20 Å². The number of ether oxygens (including phenoxy) is 1. The van der Waals surface area contributed by atoms with E-state index in [0.29, 0.717) is 32.1 Å². The van der Waals surface area contributed by atoms with Crippen molar-refractivity contribution in [1.29, 1.82) is 0 Å². The predicted molar refractivity (Wildman–Crippen MR) is 99.6 cm³/mol. The molecule has 0 amide bonds. The number of carbonyl (C=O) groups excluding carboxylic acids is 3. The second kappa shape index (κ2) is 9.32. The normalized spacial score (nSPS) is 16.9. The van der Waals surface area contributed by atoms with Gasteiger partial charge in [0.25, 0.3) is 0 Å².